The zero-order chi connectivity index (χ0) is 20.0. The van der Waals surface area contributed by atoms with Crippen molar-refractivity contribution in [1.82, 2.24) is 0 Å². The molecule has 0 bridgehead atoms. The highest BCUT2D eigenvalue weighted by Gasteiger charge is 2.32. The van der Waals surface area contributed by atoms with E-state index in [1.54, 1.807) is 32.9 Å². The highest BCUT2D eigenvalue weighted by molar-refractivity contribution is 6.03. The van der Waals surface area contributed by atoms with Gasteiger partial charge in [-0.15, -0.1) is 0 Å². The Kier molecular flexibility index (Phi) is 12.2. The molecule has 0 aromatic carbocycles. The standard InChI is InChI=1S/C20H30O6/c1-7-10-11-17(8-2)19(22)20(5,6)26-16(4)24-14-12-23-13-15-25-18(21)9-3/h7-11,16H,2-3,12-15H2,1,4-6H3/b10-7-,17-11+. The Balaban J connectivity index is 4.22. The molecule has 0 aliphatic heterocycles. The molecule has 0 aromatic heterocycles. The molecule has 6 heteroatoms. The first kappa shape index (κ1) is 24.0. The average molecular weight is 366 g/mol. The lowest BCUT2D eigenvalue weighted by molar-refractivity contribution is -0.196. The fraction of sp³-hybridized carbons (Fsp3) is 0.500. The van der Waals surface area contributed by atoms with Crippen LogP contribution in [0.3, 0.4) is 0 Å². The molecule has 0 saturated heterocycles. The Morgan fingerprint density at radius 2 is 1.73 bits per heavy atom. The van der Waals surface area contributed by atoms with Crippen molar-refractivity contribution in [3.63, 3.8) is 0 Å². The molecule has 0 aliphatic rings. The number of allylic oxidation sites excluding steroid dienone is 4. The maximum atomic E-state index is 12.5. The minimum Gasteiger partial charge on any atom is -0.460 e. The smallest absolute Gasteiger partial charge is 0.330 e. The van der Waals surface area contributed by atoms with E-state index in [0.29, 0.717) is 12.2 Å². The van der Waals surface area contributed by atoms with Crippen LogP contribution in [0.1, 0.15) is 27.7 Å². The van der Waals surface area contributed by atoms with E-state index in [2.05, 4.69) is 13.2 Å². The van der Waals surface area contributed by atoms with Crippen LogP contribution in [0.2, 0.25) is 0 Å². The van der Waals surface area contributed by atoms with Gasteiger partial charge in [-0.05, 0) is 27.7 Å². The molecule has 146 valence electrons. The molecule has 0 aliphatic carbocycles. The number of Topliss-reactive ketones (excluding diaryl/α,β-unsaturated/α-hetero) is 1. The topological polar surface area (TPSA) is 71.1 Å². The lowest BCUT2D eigenvalue weighted by atomic mass is 9.96. The fourth-order valence-electron chi connectivity index (χ4n) is 1.92. The maximum Gasteiger partial charge on any atom is 0.330 e. The number of hydrogen-bond acceptors (Lipinski definition) is 6. The first-order valence-corrected chi connectivity index (χ1v) is 8.45. The molecule has 26 heavy (non-hydrogen) atoms. The quantitative estimate of drug-likeness (QED) is 0.155. The van der Waals surface area contributed by atoms with Gasteiger partial charge >= 0.3 is 5.97 Å². The molecule has 0 heterocycles. The Hall–Kier alpha value is -2.02. The summed E-state index contributed by atoms with van der Waals surface area (Å²) < 4.78 is 21.2. The monoisotopic (exact) mass is 366 g/mol. The van der Waals surface area contributed by atoms with Gasteiger partial charge in [-0.3, -0.25) is 4.79 Å². The van der Waals surface area contributed by atoms with Gasteiger partial charge in [0.2, 0.25) is 0 Å². The summed E-state index contributed by atoms with van der Waals surface area (Å²) in [5, 5.41) is 0. The molecule has 0 rings (SSSR count). The second-order valence-corrected chi connectivity index (χ2v) is 5.73. The summed E-state index contributed by atoms with van der Waals surface area (Å²) >= 11 is 0. The molecular formula is C20H30O6. The van der Waals surface area contributed by atoms with Crippen molar-refractivity contribution < 1.29 is 28.5 Å². The van der Waals surface area contributed by atoms with E-state index in [0.717, 1.165) is 6.08 Å². The lowest BCUT2D eigenvalue weighted by Crippen LogP contribution is -2.39. The van der Waals surface area contributed by atoms with Crippen LogP contribution >= 0.6 is 0 Å². The van der Waals surface area contributed by atoms with E-state index in [4.69, 9.17) is 18.9 Å². The number of esters is 1. The molecule has 0 N–H and O–H groups in total. The minimum absolute atomic E-state index is 0.154. The lowest BCUT2D eigenvalue weighted by Gasteiger charge is -2.28. The summed E-state index contributed by atoms with van der Waals surface area (Å²) in [6.45, 7) is 14.9. The van der Waals surface area contributed by atoms with Crippen LogP contribution in [0.15, 0.2) is 49.1 Å². The van der Waals surface area contributed by atoms with Gasteiger partial charge in [-0.2, -0.15) is 0 Å². The van der Waals surface area contributed by atoms with E-state index in [-0.39, 0.29) is 25.6 Å². The Labute approximate surface area is 156 Å². The summed E-state index contributed by atoms with van der Waals surface area (Å²) in [7, 11) is 0. The first-order valence-electron chi connectivity index (χ1n) is 8.45. The van der Waals surface area contributed by atoms with E-state index < -0.39 is 17.9 Å². The number of carbonyl (C=O) groups is 2. The Morgan fingerprint density at radius 3 is 2.31 bits per heavy atom. The van der Waals surface area contributed by atoms with E-state index in [9.17, 15) is 9.59 Å². The van der Waals surface area contributed by atoms with Crippen LogP contribution in [0.5, 0.6) is 0 Å². The van der Waals surface area contributed by atoms with Gasteiger partial charge in [0.15, 0.2) is 12.1 Å². The number of ether oxygens (including phenoxy) is 4. The number of ketones is 1. The molecule has 0 amide bonds. The van der Waals surface area contributed by atoms with Crippen molar-refractivity contribution >= 4 is 11.8 Å². The molecule has 6 nitrogen and oxygen atoms in total. The second-order valence-electron chi connectivity index (χ2n) is 5.73. The van der Waals surface area contributed by atoms with Crippen LogP contribution in [0.25, 0.3) is 0 Å². The normalized spacial score (nSPS) is 13.5. The number of hydrogen-bond donors (Lipinski definition) is 0. The van der Waals surface area contributed by atoms with Crippen LogP contribution in [-0.4, -0.2) is 50.1 Å². The molecule has 0 saturated carbocycles. The first-order chi connectivity index (χ1) is 12.3. The van der Waals surface area contributed by atoms with Crippen LogP contribution in [0, 0.1) is 0 Å². The second kappa shape index (κ2) is 13.2. The molecule has 1 unspecified atom stereocenters. The Bertz CT molecular complexity index is 530. The van der Waals surface area contributed by atoms with Gasteiger partial charge in [-0.25, -0.2) is 4.79 Å². The highest BCUT2D eigenvalue weighted by atomic mass is 16.7. The van der Waals surface area contributed by atoms with Gasteiger partial charge in [0.05, 0.1) is 19.8 Å². The SMILES string of the molecule is C=CC(=O)OCCOCCOC(C)OC(C)(C)C(=O)/C(C=C)=C/C=C\C. The van der Waals surface area contributed by atoms with E-state index >= 15 is 0 Å². The number of carbonyl (C=O) groups excluding carboxylic acids is 2. The van der Waals surface area contributed by atoms with Crippen molar-refractivity contribution in [2.24, 2.45) is 0 Å². The third kappa shape index (κ3) is 10.1. The average Bonchev–Trinajstić information content (AvgIpc) is 2.60. The van der Waals surface area contributed by atoms with Gasteiger partial charge < -0.3 is 18.9 Å². The molecule has 1 atom stereocenters. The molecule has 0 fully saturated rings. The zero-order valence-electron chi connectivity index (χ0n) is 16.2. The van der Waals surface area contributed by atoms with Crippen molar-refractivity contribution in [1.29, 1.82) is 0 Å². The van der Waals surface area contributed by atoms with Crippen molar-refractivity contribution in [3.05, 3.63) is 49.1 Å². The molecule has 0 spiro atoms. The number of rotatable bonds is 14. The summed E-state index contributed by atoms with van der Waals surface area (Å²) in [5.41, 5.74) is -0.585. The molecule has 0 radical (unpaired) electrons. The van der Waals surface area contributed by atoms with Gasteiger partial charge in [0.25, 0.3) is 0 Å². The maximum absolute atomic E-state index is 12.5. The van der Waals surface area contributed by atoms with Gasteiger partial charge in [0, 0.05) is 11.6 Å². The third-order valence-corrected chi connectivity index (χ3v) is 3.18. The fourth-order valence-corrected chi connectivity index (χ4v) is 1.92. The van der Waals surface area contributed by atoms with Crippen molar-refractivity contribution in [2.75, 3.05) is 26.4 Å². The van der Waals surface area contributed by atoms with Crippen LogP contribution < -0.4 is 0 Å². The van der Waals surface area contributed by atoms with Crippen LogP contribution in [-0.2, 0) is 28.5 Å². The van der Waals surface area contributed by atoms with E-state index in [1.807, 2.05) is 13.0 Å². The predicted molar refractivity (Wildman–Crippen MR) is 101 cm³/mol. The van der Waals surface area contributed by atoms with Crippen molar-refractivity contribution in [3.8, 4) is 0 Å². The minimum atomic E-state index is -1.05. The Morgan fingerprint density at radius 1 is 1.08 bits per heavy atom. The third-order valence-electron chi connectivity index (χ3n) is 3.18. The summed E-state index contributed by atoms with van der Waals surface area (Å²) in [4.78, 5) is 23.4. The summed E-state index contributed by atoms with van der Waals surface area (Å²) in [5.74, 6) is -0.664. The van der Waals surface area contributed by atoms with Gasteiger partial charge in [-0.1, -0.05) is 37.5 Å². The van der Waals surface area contributed by atoms with Crippen molar-refractivity contribution in [2.45, 2.75) is 39.6 Å². The van der Waals surface area contributed by atoms with E-state index in [1.165, 1.54) is 6.08 Å². The molecule has 0 aromatic rings. The summed E-state index contributed by atoms with van der Waals surface area (Å²) in [6, 6.07) is 0. The zero-order valence-corrected chi connectivity index (χ0v) is 16.2. The molecular weight excluding hydrogens is 336 g/mol. The predicted octanol–water partition coefficient (Wildman–Crippen LogP) is 3.15. The van der Waals surface area contributed by atoms with Crippen LogP contribution in [0.4, 0.5) is 0 Å². The highest BCUT2D eigenvalue weighted by Crippen LogP contribution is 2.19. The summed E-state index contributed by atoms with van der Waals surface area (Å²) in [6.07, 6.45) is 7.30. The van der Waals surface area contributed by atoms with Gasteiger partial charge in [0.1, 0.15) is 12.2 Å². The largest absolute Gasteiger partial charge is 0.460 e.